The summed E-state index contributed by atoms with van der Waals surface area (Å²) in [5, 5.41) is 0. The first-order valence-electron chi connectivity index (χ1n) is 2.26. The van der Waals surface area contributed by atoms with Crippen molar-refractivity contribution in [2.75, 3.05) is 7.11 Å². The van der Waals surface area contributed by atoms with Crippen molar-refractivity contribution in [2.45, 2.75) is 12.0 Å². The molecule has 0 aromatic heterocycles. The van der Waals surface area contributed by atoms with E-state index in [1.54, 1.807) is 0 Å². The molecule has 0 aromatic rings. The van der Waals surface area contributed by atoms with Gasteiger partial charge in [-0.1, -0.05) is 0 Å². The molecule has 0 aliphatic rings. The average Bonchev–Trinajstić information content (AvgIpc) is 1.83. The molecular formula is C4H3F5O2. The number of halogens is 5. The minimum Gasteiger partial charge on any atom is -0.334 e. The Bertz CT molecular complexity index is 164. The van der Waals surface area contributed by atoms with Crippen molar-refractivity contribution in [3.8, 4) is 0 Å². The maximum atomic E-state index is 12.1. The Kier molecular flexibility index (Phi) is 2.55. The molecule has 7 heteroatoms. The SMILES string of the molecule is COC(F)(C(=O)F)C(F)(F)F. The molecule has 0 aliphatic carbocycles. The standard InChI is InChI=1S/C4H3F5O2/c1-11-3(6,2(5)10)4(7,8)9/h1H3. The van der Waals surface area contributed by atoms with Gasteiger partial charge in [-0.15, -0.1) is 0 Å². The minimum atomic E-state index is -5.69. The first-order valence-corrected chi connectivity index (χ1v) is 2.26. The Morgan fingerprint density at radius 1 is 1.27 bits per heavy atom. The summed E-state index contributed by atoms with van der Waals surface area (Å²) < 4.78 is 60.7. The Morgan fingerprint density at radius 2 is 1.64 bits per heavy atom. The Morgan fingerprint density at radius 3 is 1.64 bits per heavy atom. The number of ether oxygens (including phenoxy) is 1. The van der Waals surface area contributed by atoms with Crippen molar-refractivity contribution in [3.63, 3.8) is 0 Å². The predicted octanol–water partition coefficient (Wildman–Crippen LogP) is 1.36. The summed E-state index contributed by atoms with van der Waals surface area (Å²) in [5.41, 5.74) is 0. The van der Waals surface area contributed by atoms with Gasteiger partial charge in [-0.3, -0.25) is 4.79 Å². The molecular weight excluding hydrogens is 175 g/mol. The fraction of sp³-hybridized carbons (Fsp3) is 0.750. The van der Waals surface area contributed by atoms with Gasteiger partial charge in [0.25, 0.3) is 0 Å². The lowest BCUT2D eigenvalue weighted by atomic mass is 10.3. The van der Waals surface area contributed by atoms with E-state index in [1.807, 2.05) is 0 Å². The van der Waals surface area contributed by atoms with Gasteiger partial charge in [0.05, 0.1) is 0 Å². The van der Waals surface area contributed by atoms with Crippen LogP contribution >= 0.6 is 0 Å². The van der Waals surface area contributed by atoms with Crippen LogP contribution in [0.2, 0.25) is 0 Å². The van der Waals surface area contributed by atoms with E-state index in [9.17, 15) is 26.7 Å². The largest absolute Gasteiger partial charge is 0.459 e. The molecule has 0 bridgehead atoms. The molecule has 0 fully saturated rings. The van der Waals surface area contributed by atoms with Gasteiger partial charge in [0.2, 0.25) is 0 Å². The third-order valence-electron chi connectivity index (χ3n) is 0.899. The van der Waals surface area contributed by atoms with E-state index in [0.717, 1.165) is 0 Å². The zero-order chi connectivity index (χ0) is 9.28. The highest BCUT2D eigenvalue weighted by Crippen LogP contribution is 2.35. The van der Waals surface area contributed by atoms with E-state index in [1.165, 1.54) is 0 Å². The van der Waals surface area contributed by atoms with Gasteiger partial charge in [-0.25, -0.2) is 0 Å². The quantitative estimate of drug-likeness (QED) is 0.471. The number of alkyl halides is 4. The molecule has 11 heavy (non-hydrogen) atoms. The molecule has 0 spiro atoms. The molecule has 0 aromatic carbocycles. The van der Waals surface area contributed by atoms with E-state index in [-0.39, 0.29) is 7.11 Å². The number of carbonyl (C=O) groups excluding carboxylic acids is 1. The maximum Gasteiger partial charge on any atom is 0.459 e. The highest BCUT2D eigenvalue weighted by molar-refractivity contribution is 5.77. The van der Waals surface area contributed by atoms with Crippen LogP contribution in [0.4, 0.5) is 22.0 Å². The molecule has 0 heterocycles. The van der Waals surface area contributed by atoms with Crippen molar-refractivity contribution in [2.24, 2.45) is 0 Å². The topological polar surface area (TPSA) is 26.3 Å². The van der Waals surface area contributed by atoms with Crippen LogP contribution in [0, 0.1) is 0 Å². The first-order chi connectivity index (χ1) is 4.75. The second kappa shape index (κ2) is 2.72. The molecule has 0 rings (SSSR count). The van der Waals surface area contributed by atoms with Crippen molar-refractivity contribution < 1.29 is 31.5 Å². The van der Waals surface area contributed by atoms with Gasteiger partial charge in [-0.05, 0) is 0 Å². The molecule has 0 N–H and O–H groups in total. The van der Waals surface area contributed by atoms with Crippen LogP contribution in [0.25, 0.3) is 0 Å². The second-order valence-corrected chi connectivity index (χ2v) is 1.57. The lowest BCUT2D eigenvalue weighted by Crippen LogP contribution is -2.48. The van der Waals surface area contributed by atoms with Gasteiger partial charge in [0, 0.05) is 7.11 Å². The lowest BCUT2D eigenvalue weighted by molar-refractivity contribution is -0.311. The summed E-state index contributed by atoms with van der Waals surface area (Å²) in [7, 11) is 0.241. The molecule has 1 atom stereocenters. The van der Waals surface area contributed by atoms with Crippen LogP contribution in [0.3, 0.4) is 0 Å². The molecule has 0 saturated carbocycles. The first kappa shape index (κ1) is 10.3. The zero-order valence-electron chi connectivity index (χ0n) is 5.21. The van der Waals surface area contributed by atoms with Crippen molar-refractivity contribution in [1.29, 1.82) is 0 Å². The molecule has 0 aliphatic heterocycles. The van der Waals surface area contributed by atoms with E-state index in [0.29, 0.717) is 0 Å². The second-order valence-electron chi connectivity index (χ2n) is 1.57. The van der Waals surface area contributed by atoms with E-state index < -0.39 is 18.1 Å². The van der Waals surface area contributed by atoms with E-state index in [4.69, 9.17) is 0 Å². The van der Waals surface area contributed by atoms with Crippen LogP contribution in [-0.2, 0) is 9.53 Å². The van der Waals surface area contributed by atoms with E-state index in [2.05, 4.69) is 4.74 Å². The minimum absolute atomic E-state index is 0.241. The fourth-order valence-corrected chi connectivity index (χ4v) is 0.307. The third kappa shape index (κ3) is 1.65. The highest BCUT2D eigenvalue weighted by Gasteiger charge is 2.63. The van der Waals surface area contributed by atoms with Gasteiger partial charge in [0.1, 0.15) is 0 Å². The monoisotopic (exact) mass is 178 g/mol. The Hall–Kier alpha value is -0.720. The molecule has 0 amide bonds. The van der Waals surface area contributed by atoms with Crippen molar-refractivity contribution in [1.82, 2.24) is 0 Å². The summed E-state index contributed by atoms with van der Waals surface area (Å²) >= 11 is 0. The number of carbonyl (C=O) groups is 1. The number of rotatable bonds is 2. The molecule has 0 radical (unpaired) electrons. The van der Waals surface area contributed by atoms with Crippen molar-refractivity contribution >= 4 is 6.04 Å². The smallest absolute Gasteiger partial charge is 0.334 e. The van der Waals surface area contributed by atoms with Gasteiger partial charge in [0.15, 0.2) is 0 Å². The fourth-order valence-electron chi connectivity index (χ4n) is 0.307. The zero-order valence-corrected chi connectivity index (χ0v) is 5.21. The summed E-state index contributed by atoms with van der Waals surface area (Å²) in [6, 6.07) is -3.22. The van der Waals surface area contributed by atoms with Crippen LogP contribution in [0.1, 0.15) is 0 Å². The normalized spacial score (nSPS) is 17.6. The highest BCUT2D eigenvalue weighted by atomic mass is 19.4. The third-order valence-corrected chi connectivity index (χ3v) is 0.899. The van der Waals surface area contributed by atoms with Crippen molar-refractivity contribution in [3.05, 3.63) is 0 Å². The van der Waals surface area contributed by atoms with Gasteiger partial charge < -0.3 is 4.74 Å². The van der Waals surface area contributed by atoms with Crippen LogP contribution < -0.4 is 0 Å². The van der Waals surface area contributed by atoms with Crippen LogP contribution in [0.5, 0.6) is 0 Å². The lowest BCUT2D eigenvalue weighted by Gasteiger charge is -2.20. The maximum absolute atomic E-state index is 12.1. The molecule has 1 unspecified atom stereocenters. The van der Waals surface area contributed by atoms with E-state index >= 15 is 0 Å². The Balaban J connectivity index is 4.75. The van der Waals surface area contributed by atoms with Crippen LogP contribution in [-0.4, -0.2) is 25.2 Å². The number of hydrogen-bond donors (Lipinski definition) is 0. The van der Waals surface area contributed by atoms with Gasteiger partial charge >= 0.3 is 18.1 Å². The molecule has 2 nitrogen and oxygen atoms in total. The predicted molar refractivity (Wildman–Crippen MR) is 23.0 cm³/mol. The number of hydrogen-bond acceptors (Lipinski definition) is 2. The Labute approximate surface area is 57.9 Å². The summed E-state index contributed by atoms with van der Waals surface area (Å²) in [5.74, 6) is -4.83. The molecule has 66 valence electrons. The van der Waals surface area contributed by atoms with Crippen LogP contribution in [0.15, 0.2) is 0 Å². The average molecular weight is 178 g/mol. The van der Waals surface area contributed by atoms with Gasteiger partial charge in [-0.2, -0.15) is 22.0 Å². The molecule has 0 saturated heterocycles. The summed E-state index contributed by atoms with van der Waals surface area (Å²) in [6.45, 7) is 0. The summed E-state index contributed by atoms with van der Waals surface area (Å²) in [6.07, 6.45) is -5.69. The summed E-state index contributed by atoms with van der Waals surface area (Å²) in [4.78, 5) is 9.46. The number of methoxy groups -OCH3 is 1.